The Morgan fingerprint density at radius 1 is 0.606 bits per heavy atom. The first-order valence-corrected chi connectivity index (χ1v) is 13.8. The van der Waals surface area contributed by atoms with Crippen molar-refractivity contribution < 1.29 is 9.59 Å². The van der Waals surface area contributed by atoms with Crippen molar-refractivity contribution in [2.45, 2.75) is 135 Å². The molecule has 3 N–H and O–H groups in total. The second-order valence-corrected chi connectivity index (χ2v) is 9.60. The molecule has 2 amide bonds. The maximum atomic E-state index is 12.0. The molecule has 0 unspecified atom stereocenters. The fraction of sp³-hybridized carbons (Fsp3) is 0.724. The average molecular weight is 459 g/mol. The van der Waals surface area contributed by atoms with E-state index in [9.17, 15) is 9.59 Å². The summed E-state index contributed by atoms with van der Waals surface area (Å²) in [6.45, 7) is 2.28. The third kappa shape index (κ3) is 17.3. The van der Waals surface area contributed by atoms with E-state index >= 15 is 0 Å². The lowest BCUT2D eigenvalue weighted by Gasteiger charge is -2.06. The van der Waals surface area contributed by atoms with Crippen molar-refractivity contribution in [3.05, 3.63) is 29.8 Å². The summed E-state index contributed by atoms with van der Waals surface area (Å²) in [5.41, 5.74) is 6.38. The van der Waals surface area contributed by atoms with Crippen molar-refractivity contribution in [2.75, 3.05) is 5.32 Å². The topological polar surface area (TPSA) is 72.2 Å². The van der Waals surface area contributed by atoms with Crippen LogP contribution in [0, 0.1) is 0 Å². The molecule has 0 aromatic heterocycles. The minimum Gasteiger partial charge on any atom is -0.366 e. The molecule has 1 aromatic carbocycles. The zero-order chi connectivity index (χ0) is 24.0. The van der Waals surface area contributed by atoms with Gasteiger partial charge in [-0.15, -0.1) is 0 Å². The molecular formula is C29H50N2O2. The number of benzene rings is 1. The largest absolute Gasteiger partial charge is 0.366 e. The molecule has 0 atom stereocenters. The molecule has 33 heavy (non-hydrogen) atoms. The molecular weight excluding hydrogens is 408 g/mol. The van der Waals surface area contributed by atoms with Gasteiger partial charge in [-0.2, -0.15) is 0 Å². The number of nitrogens with two attached hydrogens (primary N) is 1. The van der Waals surface area contributed by atoms with Crippen LogP contribution in [0.1, 0.15) is 146 Å². The molecule has 0 saturated carbocycles. The molecule has 0 aliphatic rings. The number of primary amides is 1. The smallest absolute Gasteiger partial charge is 0.248 e. The average Bonchev–Trinajstić information content (AvgIpc) is 2.81. The van der Waals surface area contributed by atoms with Gasteiger partial charge in [0, 0.05) is 17.7 Å². The Balaban J connectivity index is 1.80. The lowest BCUT2D eigenvalue weighted by Crippen LogP contribution is -2.13. The van der Waals surface area contributed by atoms with E-state index in [0.29, 0.717) is 17.7 Å². The molecule has 0 saturated heterocycles. The highest BCUT2D eigenvalue weighted by Crippen LogP contribution is 2.15. The summed E-state index contributed by atoms with van der Waals surface area (Å²) in [4.78, 5) is 23.1. The van der Waals surface area contributed by atoms with Crippen molar-refractivity contribution >= 4 is 17.5 Å². The normalized spacial score (nSPS) is 10.9. The van der Waals surface area contributed by atoms with Crippen molar-refractivity contribution in [3.63, 3.8) is 0 Å². The van der Waals surface area contributed by atoms with Gasteiger partial charge in [0.05, 0.1) is 0 Å². The molecule has 0 fully saturated rings. The van der Waals surface area contributed by atoms with Crippen LogP contribution in [-0.2, 0) is 4.79 Å². The SMILES string of the molecule is CCCCCCCCCCCCCCCCCCCCCC(=O)Nc1ccc(C(N)=O)cc1. The van der Waals surface area contributed by atoms with Crippen LogP contribution in [0.2, 0.25) is 0 Å². The van der Waals surface area contributed by atoms with Gasteiger partial charge in [0.25, 0.3) is 0 Å². The van der Waals surface area contributed by atoms with Gasteiger partial charge in [-0.3, -0.25) is 9.59 Å². The number of hydrogen-bond donors (Lipinski definition) is 2. The van der Waals surface area contributed by atoms with Crippen molar-refractivity contribution in [2.24, 2.45) is 5.73 Å². The van der Waals surface area contributed by atoms with E-state index in [-0.39, 0.29) is 5.91 Å². The third-order valence-electron chi connectivity index (χ3n) is 6.46. The zero-order valence-corrected chi connectivity index (χ0v) is 21.3. The maximum Gasteiger partial charge on any atom is 0.248 e. The van der Waals surface area contributed by atoms with Gasteiger partial charge in [0.1, 0.15) is 0 Å². The van der Waals surface area contributed by atoms with E-state index in [2.05, 4.69) is 12.2 Å². The van der Waals surface area contributed by atoms with Crippen molar-refractivity contribution in [1.29, 1.82) is 0 Å². The van der Waals surface area contributed by atoms with E-state index in [1.54, 1.807) is 24.3 Å². The Morgan fingerprint density at radius 3 is 1.33 bits per heavy atom. The van der Waals surface area contributed by atoms with E-state index < -0.39 is 5.91 Å². The number of nitrogens with one attached hydrogen (secondary N) is 1. The maximum absolute atomic E-state index is 12.0. The van der Waals surface area contributed by atoms with Gasteiger partial charge >= 0.3 is 0 Å². The zero-order valence-electron chi connectivity index (χ0n) is 21.3. The van der Waals surface area contributed by atoms with Crippen molar-refractivity contribution in [1.82, 2.24) is 0 Å². The Morgan fingerprint density at radius 2 is 0.970 bits per heavy atom. The van der Waals surface area contributed by atoms with Gasteiger partial charge in [0.15, 0.2) is 0 Å². The van der Waals surface area contributed by atoms with Crippen LogP contribution in [0.3, 0.4) is 0 Å². The number of carbonyl (C=O) groups is 2. The highest BCUT2D eigenvalue weighted by molar-refractivity contribution is 5.94. The lowest BCUT2D eigenvalue weighted by atomic mass is 10.0. The molecule has 1 rings (SSSR count). The van der Waals surface area contributed by atoms with Crippen LogP contribution in [0.4, 0.5) is 5.69 Å². The van der Waals surface area contributed by atoms with Gasteiger partial charge < -0.3 is 11.1 Å². The van der Waals surface area contributed by atoms with Crippen molar-refractivity contribution in [3.8, 4) is 0 Å². The fourth-order valence-corrected chi connectivity index (χ4v) is 4.31. The molecule has 0 aliphatic carbocycles. The third-order valence-corrected chi connectivity index (χ3v) is 6.46. The van der Waals surface area contributed by atoms with E-state index in [1.165, 1.54) is 109 Å². The molecule has 1 aromatic rings. The summed E-state index contributed by atoms with van der Waals surface area (Å²) in [6, 6.07) is 6.70. The highest BCUT2D eigenvalue weighted by atomic mass is 16.1. The Bertz CT molecular complexity index is 613. The predicted octanol–water partition coefficient (Wildman–Crippen LogP) is 8.55. The number of carbonyl (C=O) groups excluding carboxylic acids is 2. The minimum atomic E-state index is -0.457. The van der Waals surface area contributed by atoms with E-state index in [0.717, 1.165) is 12.8 Å². The number of hydrogen-bond acceptors (Lipinski definition) is 2. The van der Waals surface area contributed by atoms with Crippen LogP contribution in [0.15, 0.2) is 24.3 Å². The number of anilines is 1. The Labute approximate surface area is 203 Å². The Hall–Kier alpha value is -1.84. The summed E-state index contributed by atoms with van der Waals surface area (Å²) in [6.07, 6.45) is 26.3. The molecule has 0 bridgehead atoms. The summed E-state index contributed by atoms with van der Waals surface area (Å²) in [5.74, 6) is -0.421. The first kappa shape index (κ1) is 29.2. The first-order valence-electron chi connectivity index (χ1n) is 13.8. The second-order valence-electron chi connectivity index (χ2n) is 9.60. The predicted molar refractivity (Wildman–Crippen MR) is 142 cm³/mol. The fourth-order valence-electron chi connectivity index (χ4n) is 4.31. The summed E-state index contributed by atoms with van der Waals surface area (Å²) in [5, 5.41) is 2.88. The molecule has 0 radical (unpaired) electrons. The quantitative estimate of drug-likeness (QED) is 0.171. The van der Waals surface area contributed by atoms with Gasteiger partial charge in [-0.05, 0) is 30.7 Å². The van der Waals surface area contributed by atoms with Crippen LogP contribution in [0.25, 0.3) is 0 Å². The molecule has 4 heteroatoms. The molecule has 0 aliphatic heterocycles. The van der Waals surface area contributed by atoms with Gasteiger partial charge in [0.2, 0.25) is 11.8 Å². The van der Waals surface area contributed by atoms with Crippen LogP contribution < -0.4 is 11.1 Å². The standard InChI is InChI=1S/C29H50N2O2/c1-2-3-4-5-6-7-8-9-10-11-12-13-14-15-16-17-18-19-20-21-28(32)31-27-24-22-26(23-25-27)29(30)33/h22-25H,2-21H2,1H3,(H2,30,33)(H,31,32). The van der Waals surface area contributed by atoms with Crippen LogP contribution >= 0.6 is 0 Å². The summed E-state index contributed by atoms with van der Waals surface area (Å²) >= 11 is 0. The summed E-state index contributed by atoms with van der Waals surface area (Å²) in [7, 11) is 0. The van der Waals surface area contributed by atoms with Gasteiger partial charge in [-0.1, -0.05) is 122 Å². The van der Waals surface area contributed by atoms with Gasteiger partial charge in [-0.25, -0.2) is 0 Å². The van der Waals surface area contributed by atoms with E-state index in [4.69, 9.17) is 5.73 Å². The monoisotopic (exact) mass is 458 g/mol. The van der Waals surface area contributed by atoms with Crippen LogP contribution in [-0.4, -0.2) is 11.8 Å². The molecule has 188 valence electrons. The molecule has 0 spiro atoms. The second kappa shape index (κ2) is 20.7. The van der Waals surface area contributed by atoms with E-state index in [1.807, 2.05) is 0 Å². The van der Waals surface area contributed by atoms with Crippen LogP contribution in [0.5, 0.6) is 0 Å². The highest BCUT2D eigenvalue weighted by Gasteiger charge is 2.04. The number of rotatable bonds is 22. The minimum absolute atomic E-state index is 0.0359. The molecule has 0 heterocycles. The lowest BCUT2D eigenvalue weighted by molar-refractivity contribution is -0.116. The summed E-state index contributed by atoms with van der Waals surface area (Å²) < 4.78 is 0. The number of unbranched alkanes of at least 4 members (excludes halogenated alkanes) is 18. The Kier molecular flexibility index (Phi) is 18.4. The first-order chi connectivity index (χ1) is 16.1. The molecule has 4 nitrogen and oxygen atoms in total. The number of amides is 2.